The van der Waals surface area contributed by atoms with Crippen LogP contribution in [-0.2, 0) is 65.4 Å². The van der Waals surface area contributed by atoms with Gasteiger partial charge in [-0.05, 0) is 43.4 Å². The predicted molar refractivity (Wildman–Crippen MR) is 340 cm³/mol. The Labute approximate surface area is 517 Å². The first-order chi connectivity index (χ1) is 40.8. The Morgan fingerprint density at radius 2 is 0.600 bits per heavy atom. The third-order valence-corrected chi connectivity index (χ3v) is 17.4. The lowest BCUT2D eigenvalue weighted by Crippen LogP contribution is -2.30. The summed E-state index contributed by atoms with van der Waals surface area (Å²) in [5.41, 5.74) is 0. The van der Waals surface area contributed by atoms with Crippen LogP contribution >= 0.6 is 15.6 Å². The van der Waals surface area contributed by atoms with Gasteiger partial charge in [-0.15, -0.1) is 0 Å². The molecule has 0 aliphatic rings. The molecule has 504 valence electrons. The van der Waals surface area contributed by atoms with Gasteiger partial charge in [-0.3, -0.25) is 37.3 Å². The number of hydrogen-bond donors (Lipinski definition) is 3. The van der Waals surface area contributed by atoms with Gasteiger partial charge in [-0.25, -0.2) is 9.13 Å². The molecule has 0 heterocycles. The molecular weight excluding hydrogens is 1130 g/mol. The Morgan fingerprint density at radius 3 is 0.894 bits per heavy atom. The zero-order valence-electron chi connectivity index (χ0n) is 55.1. The molecule has 0 aliphatic carbocycles. The normalized spacial score (nSPS) is 14.6. The monoisotopic (exact) mass is 1250 g/mol. The fourth-order valence-electron chi connectivity index (χ4n) is 9.80. The summed E-state index contributed by atoms with van der Waals surface area (Å²) in [5.74, 6) is 0.143. The Balaban J connectivity index is 5.23. The molecule has 0 aliphatic heterocycles. The van der Waals surface area contributed by atoms with Gasteiger partial charge in [0.05, 0.1) is 26.4 Å². The van der Waals surface area contributed by atoms with Gasteiger partial charge in [0.15, 0.2) is 12.2 Å². The minimum Gasteiger partial charge on any atom is -0.462 e. The zero-order valence-corrected chi connectivity index (χ0v) is 56.9. The molecule has 0 spiro atoms. The van der Waals surface area contributed by atoms with Gasteiger partial charge < -0.3 is 33.8 Å². The van der Waals surface area contributed by atoms with Crippen molar-refractivity contribution in [2.75, 3.05) is 39.6 Å². The van der Waals surface area contributed by atoms with Gasteiger partial charge >= 0.3 is 39.5 Å². The summed E-state index contributed by atoms with van der Waals surface area (Å²) >= 11 is 0. The van der Waals surface area contributed by atoms with E-state index in [9.17, 15) is 43.2 Å². The number of aliphatic hydroxyl groups excluding tert-OH is 1. The van der Waals surface area contributed by atoms with Crippen LogP contribution in [0.15, 0.2) is 0 Å². The smallest absolute Gasteiger partial charge is 0.462 e. The molecule has 85 heavy (non-hydrogen) atoms. The van der Waals surface area contributed by atoms with Crippen LogP contribution in [0.2, 0.25) is 0 Å². The highest BCUT2D eigenvalue weighted by Gasteiger charge is 2.30. The summed E-state index contributed by atoms with van der Waals surface area (Å²) < 4.78 is 68.0. The van der Waals surface area contributed by atoms with Gasteiger partial charge in [0.25, 0.3) is 0 Å². The molecule has 19 heteroatoms. The fraction of sp³-hybridized carbons (Fsp3) is 0.939. The van der Waals surface area contributed by atoms with Crippen LogP contribution in [0.25, 0.3) is 0 Å². The van der Waals surface area contributed by atoms with E-state index in [-0.39, 0.29) is 25.7 Å². The van der Waals surface area contributed by atoms with Crippen LogP contribution in [0.5, 0.6) is 0 Å². The number of aliphatic hydroxyl groups is 1. The second-order valence-corrected chi connectivity index (χ2v) is 28.0. The number of carbonyl (C=O) groups excluding carboxylic acids is 4. The molecule has 6 atom stereocenters. The number of unbranched alkanes of at least 4 members (excludes halogenated alkanes) is 31. The van der Waals surface area contributed by atoms with E-state index in [0.29, 0.717) is 25.7 Å². The van der Waals surface area contributed by atoms with E-state index in [1.54, 1.807) is 0 Å². The standard InChI is InChI=1S/C66H128O17P2/c1-8-10-11-12-23-33-40-47-63(68)76-53-61(83-66(71)50-43-36-29-22-21-26-32-39-46-59(7)9-2)55-80-84(72,73)78-51-60(67)52-79-85(74,75)81-56-62(82-65(70)49-42-35-28-20-16-14-18-25-31-38-45-58(5)6)54-77-64(69)48-41-34-27-19-15-13-17-24-30-37-44-57(3)4/h57-62,67H,8-56H2,1-7H3,(H,72,73)(H,74,75)/t59?,60-,61+,62+/m0/s1. The topological polar surface area (TPSA) is 237 Å². The molecule has 0 bridgehead atoms. The van der Waals surface area contributed by atoms with E-state index in [4.69, 9.17) is 37.0 Å². The lowest BCUT2D eigenvalue weighted by atomic mass is 9.99. The van der Waals surface area contributed by atoms with Crippen molar-refractivity contribution in [1.29, 1.82) is 0 Å². The molecule has 17 nitrogen and oxygen atoms in total. The Hall–Kier alpha value is -1.94. The second kappa shape index (κ2) is 57.2. The average Bonchev–Trinajstić information content (AvgIpc) is 3.57. The number of rotatable bonds is 64. The Kier molecular flexibility index (Phi) is 55.9. The summed E-state index contributed by atoms with van der Waals surface area (Å²) in [6.45, 7) is 11.8. The lowest BCUT2D eigenvalue weighted by molar-refractivity contribution is -0.161. The molecule has 0 aromatic rings. The first-order valence-corrected chi connectivity index (χ1v) is 37.4. The van der Waals surface area contributed by atoms with Crippen molar-refractivity contribution in [2.24, 2.45) is 17.8 Å². The lowest BCUT2D eigenvalue weighted by Gasteiger charge is -2.21. The summed E-state index contributed by atoms with van der Waals surface area (Å²) in [5, 5.41) is 10.5. The minimum atomic E-state index is -4.95. The van der Waals surface area contributed by atoms with Crippen molar-refractivity contribution < 1.29 is 80.2 Å². The highest BCUT2D eigenvalue weighted by atomic mass is 31.2. The number of hydrogen-bond acceptors (Lipinski definition) is 15. The molecule has 0 saturated carbocycles. The van der Waals surface area contributed by atoms with Crippen molar-refractivity contribution in [3.63, 3.8) is 0 Å². The first-order valence-electron chi connectivity index (χ1n) is 34.4. The number of phosphoric acid groups is 2. The Bertz CT molecular complexity index is 1680. The molecule has 0 fully saturated rings. The molecule has 0 rings (SSSR count). The van der Waals surface area contributed by atoms with Crippen LogP contribution < -0.4 is 0 Å². The molecule has 3 N–H and O–H groups in total. The SMILES string of the molecule is CCCCCCCCCC(=O)OC[C@H](COP(=O)(O)OC[C@H](O)COP(=O)(O)OC[C@@H](COC(=O)CCCCCCCCCCCCC(C)C)OC(=O)CCCCCCCCCCCCC(C)C)OC(=O)CCCCCCCCCCC(C)CC. The third kappa shape index (κ3) is 59.5. The maximum Gasteiger partial charge on any atom is 0.472 e. The number of esters is 4. The first kappa shape index (κ1) is 83.1. The summed E-state index contributed by atoms with van der Waals surface area (Å²) in [4.78, 5) is 72.2. The van der Waals surface area contributed by atoms with Crippen LogP contribution in [0.4, 0.5) is 0 Å². The molecule has 0 amide bonds. The molecule has 0 radical (unpaired) electrons. The van der Waals surface area contributed by atoms with Gasteiger partial charge in [0.2, 0.25) is 0 Å². The maximum absolute atomic E-state index is 13.0. The van der Waals surface area contributed by atoms with E-state index in [0.717, 1.165) is 120 Å². The third-order valence-electron chi connectivity index (χ3n) is 15.5. The van der Waals surface area contributed by atoms with Crippen LogP contribution in [0, 0.1) is 17.8 Å². The zero-order chi connectivity index (χ0) is 63.1. The summed E-state index contributed by atoms with van der Waals surface area (Å²) in [7, 11) is -9.89. The largest absolute Gasteiger partial charge is 0.472 e. The van der Waals surface area contributed by atoms with E-state index in [2.05, 4.69) is 48.5 Å². The van der Waals surface area contributed by atoms with E-state index >= 15 is 0 Å². The molecule has 3 unspecified atom stereocenters. The van der Waals surface area contributed by atoms with E-state index < -0.39 is 97.5 Å². The average molecular weight is 1260 g/mol. The molecular formula is C66H128O17P2. The van der Waals surface area contributed by atoms with Crippen molar-refractivity contribution >= 4 is 39.5 Å². The van der Waals surface area contributed by atoms with Gasteiger partial charge in [0, 0.05) is 25.7 Å². The van der Waals surface area contributed by atoms with E-state index in [1.165, 1.54) is 122 Å². The highest BCUT2D eigenvalue weighted by Crippen LogP contribution is 2.45. The quantitative estimate of drug-likeness (QED) is 0.0222. The summed E-state index contributed by atoms with van der Waals surface area (Å²) in [6.07, 6.45) is 39.0. The van der Waals surface area contributed by atoms with Crippen molar-refractivity contribution in [2.45, 2.75) is 343 Å². The Morgan fingerprint density at radius 1 is 0.341 bits per heavy atom. The molecule has 0 aromatic heterocycles. The summed E-state index contributed by atoms with van der Waals surface area (Å²) in [6, 6.07) is 0. The van der Waals surface area contributed by atoms with Gasteiger partial charge in [-0.2, -0.15) is 0 Å². The predicted octanol–water partition coefficient (Wildman–Crippen LogP) is 18.3. The van der Waals surface area contributed by atoms with Crippen LogP contribution in [0.1, 0.15) is 325 Å². The maximum atomic E-state index is 13.0. The van der Waals surface area contributed by atoms with Crippen LogP contribution in [0.3, 0.4) is 0 Å². The van der Waals surface area contributed by atoms with Gasteiger partial charge in [-0.1, -0.05) is 273 Å². The number of carbonyl (C=O) groups is 4. The van der Waals surface area contributed by atoms with Crippen molar-refractivity contribution in [3.05, 3.63) is 0 Å². The van der Waals surface area contributed by atoms with E-state index in [1.807, 2.05) is 0 Å². The van der Waals surface area contributed by atoms with Crippen molar-refractivity contribution in [3.8, 4) is 0 Å². The second-order valence-electron chi connectivity index (χ2n) is 25.1. The number of ether oxygens (including phenoxy) is 4. The minimum absolute atomic E-state index is 0.104. The molecule has 0 aromatic carbocycles. The highest BCUT2D eigenvalue weighted by molar-refractivity contribution is 7.47. The molecule has 0 saturated heterocycles. The fourth-order valence-corrected chi connectivity index (χ4v) is 11.4. The van der Waals surface area contributed by atoms with Gasteiger partial charge in [0.1, 0.15) is 19.3 Å². The van der Waals surface area contributed by atoms with Crippen molar-refractivity contribution in [1.82, 2.24) is 0 Å². The van der Waals surface area contributed by atoms with Crippen LogP contribution in [-0.4, -0.2) is 96.7 Å². The number of phosphoric ester groups is 2.